The average Bonchev–Trinajstić information content (AvgIpc) is 2.26. The van der Waals surface area contributed by atoms with Gasteiger partial charge in [0.15, 0.2) is 6.61 Å². The Morgan fingerprint density at radius 1 is 1.29 bits per heavy atom. The largest absolute Gasteiger partial charge is 0.482 e. The predicted molar refractivity (Wildman–Crippen MR) is 61.4 cm³/mol. The maximum atomic E-state index is 12.1. The summed E-state index contributed by atoms with van der Waals surface area (Å²) in [5.74, 6) is 0.227. The number of alkyl halides is 3. The molecule has 1 aromatic carbocycles. The Balaban J connectivity index is 2.70. The van der Waals surface area contributed by atoms with Crippen molar-refractivity contribution < 1.29 is 17.9 Å². The second-order valence-corrected chi connectivity index (χ2v) is 3.85. The first-order chi connectivity index (χ1) is 7.92. The molecule has 0 aliphatic rings. The van der Waals surface area contributed by atoms with Crippen molar-refractivity contribution in [2.24, 2.45) is 0 Å². The van der Waals surface area contributed by atoms with Crippen LogP contribution in [0.15, 0.2) is 24.3 Å². The number of hydrogen-bond acceptors (Lipinski definition) is 2. The van der Waals surface area contributed by atoms with Gasteiger partial charge in [-0.15, -0.1) is 0 Å². The zero-order valence-electron chi connectivity index (χ0n) is 9.84. The first kappa shape index (κ1) is 13.7. The van der Waals surface area contributed by atoms with Crippen molar-refractivity contribution in [2.45, 2.75) is 32.5 Å². The van der Waals surface area contributed by atoms with Crippen molar-refractivity contribution in [2.75, 3.05) is 11.9 Å². The number of anilines is 1. The molecule has 1 rings (SSSR count). The second kappa shape index (κ2) is 5.80. The van der Waals surface area contributed by atoms with Gasteiger partial charge in [0.25, 0.3) is 0 Å². The van der Waals surface area contributed by atoms with E-state index in [0.29, 0.717) is 5.69 Å². The molecule has 0 heterocycles. The first-order valence-electron chi connectivity index (χ1n) is 5.47. The van der Waals surface area contributed by atoms with Crippen LogP contribution in [0.4, 0.5) is 18.9 Å². The molecule has 17 heavy (non-hydrogen) atoms. The van der Waals surface area contributed by atoms with Crippen LogP contribution in [0.3, 0.4) is 0 Å². The van der Waals surface area contributed by atoms with Crippen LogP contribution in [-0.2, 0) is 0 Å². The number of benzene rings is 1. The summed E-state index contributed by atoms with van der Waals surface area (Å²) in [6, 6.07) is 6.82. The van der Waals surface area contributed by atoms with Gasteiger partial charge in [0.05, 0.1) is 5.69 Å². The average molecular weight is 247 g/mol. The van der Waals surface area contributed by atoms with Crippen LogP contribution < -0.4 is 10.1 Å². The molecule has 0 aliphatic carbocycles. The third-order valence-electron chi connectivity index (χ3n) is 2.29. The molecule has 1 aromatic rings. The Hall–Kier alpha value is -1.39. The lowest BCUT2D eigenvalue weighted by molar-refractivity contribution is -0.153. The highest BCUT2D eigenvalue weighted by molar-refractivity contribution is 5.56. The molecular formula is C12H16F3NO. The molecule has 0 saturated carbocycles. The Kier molecular flexibility index (Phi) is 4.66. The number of nitrogens with one attached hydrogen (secondary N) is 1. The summed E-state index contributed by atoms with van der Waals surface area (Å²) < 4.78 is 40.9. The van der Waals surface area contributed by atoms with Gasteiger partial charge in [-0.3, -0.25) is 0 Å². The van der Waals surface area contributed by atoms with E-state index in [4.69, 9.17) is 4.74 Å². The molecule has 5 heteroatoms. The molecule has 0 saturated heterocycles. The number of rotatable bonds is 5. The molecule has 0 fully saturated rings. The first-order valence-corrected chi connectivity index (χ1v) is 5.47. The van der Waals surface area contributed by atoms with E-state index in [1.807, 2.05) is 13.8 Å². The summed E-state index contributed by atoms with van der Waals surface area (Å²) in [7, 11) is 0. The Morgan fingerprint density at radius 3 is 2.53 bits per heavy atom. The molecule has 96 valence electrons. The van der Waals surface area contributed by atoms with Gasteiger partial charge in [0.1, 0.15) is 5.75 Å². The van der Waals surface area contributed by atoms with Crippen LogP contribution in [0.25, 0.3) is 0 Å². The van der Waals surface area contributed by atoms with Crippen LogP contribution in [0, 0.1) is 0 Å². The normalized spacial score (nSPS) is 13.2. The van der Waals surface area contributed by atoms with E-state index in [1.54, 1.807) is 18.2 Å². The van der Waals surface area contributed by atoms with Crippen LogP contribution in [0.1, 0.15) is 20.3 Å². The Bertz CT molecular complexity index is 352. The van der Waals surface area contributed by atoms with E-state index in [2.05, 4.69) is 5.32 Å². The molecule has 0 aliphatic heterocycles. The standard InChI is InChI=1S/C12H16F3NO/c1-3-9(2)16-10-6-4-5-7-11(10)17-8-12(13,14)15/h4-7,9,16H,3,8H2,1-2H3. The van der Waals surface area contributed by atoms with E-state index in [-0.39, 0.29) is 11.8 Å². The minimum atomic E-state index is -4.32. The molecule has 0 bridgehead atoms. The van der Waals surface area contributed by atoms with Gasteiger partial charge >= 0.3 is 6.18 Å². The zero-order valence-corrected chi connectivity index (χ0v) is 9.84. The van der Waals surface area contributed by atoms with Gasteiger partial charge in [-0.1, -0.05) is 19.1 Å². The van der Waals surface area contributed by atoms with Crippen LogP contribution in [0.5, 0.6) is 5.75 Å². The lowest BCUT2D eigenvalue weighted by Gasteiger charge is -2.17. The third-order valence-corrected chi connectivity index (χ3v) is 2.29. The summed E-state index contributed by atoms with van der Waals surface area (Å²) in [4.78, 5) is 0. The minimum absolute atomic E-state index is 0.186. The summed E-state index contributed by atoms with van der Waals surface area (Å²) >= 11 is 0. The van der Waals surface area contributed by atoms with Crippen molar-refractivity contribution in [1.82, 2.24) is 0 Å². The maximum absolute atomic E-state index is 12.1. The van der Waals surface area contributed by atoms with Crippen molar-refractivity contribution in [3.05, 3.63) is 24.3 Å². The van der Waals surface area contributed by atoms with E-state index < -0.39 is 12.8 Å². The maximum Gasteiger partial charge on any atom is 0.422 e. The van der Waals surface area contributed by atoms with E-state index in [0.717, 1.165) is 6.42 Å². The van der Waals surface area contributed by atoms with E-state index in [9.17, 15) is 13.2 Å². The van der Waals surface area contributed by atoms with Gasteiger partial charge in [-0.05, 0) is 25.5 Å². The van der Waals surface area contributed by atoms with Crippen LogP contribution in [0.2, 0.25) is 0 Å². The highest BCUT2D eigenvalue weighted by atomic mass is 19.4. The lowest BCUT2D eigenvalue weighted by Crippen LogP contribution is -2.20. The predicted octanol–water partition coefficient (Wildman–Crippen LogP) is 3.84. The molecule has 0 amide bonds. The molecule has 0 aromatic heterocycles. The highest BCUT2D eigenvalue weighted by Crippen LogP contribution is 2.27. The topological polar surface area (TPSA) is 21.3 Å². The molecule has 0 spiro atoms. The fourth-order valence-corrected chi connectivity index (χ4v) is 1.24. The third kappa shape index (κ3) is 4.97. The van der Waals surface area contributed by atoms with Gasteiger partial charge < -0.3 is 10.1 Å². The second-order valence-electron chi connectivity index (χ2n) is 3.85. The summed E-state index contributed by atoms with van der Waals surface area (Å²) in [6.07, 6.45) is -3.43. The monoisotopic (exact) mass is 247 g/mol. The molecule has 1 atom stereocenters. The SMILES string of the molecule is CCC(C)Nc1ccccc1OCC(F)(F)F. The minimum Gasteiger partial charge on any atom is -0.482 e. The quantitative estimate of drug-likeness (QED) is 0.853. The van der Waals surface area contributed by atoms with Gasteiger partial charge in [0.2, 0.25) is 0 Å². The van der Waals surface area contributed by atoms with Crippen molar-refractivity contribution in [3.63, 3.8) is 0 Å². The van der Waals surface area contributed by atoms with E-state index in [1.165, 1.54) is 6.07 Å². The molecular weight excluding hydrogens is 231 g/mol. The number of hydrogen-bond donors (Lipinski definition) is 1. The zero-order chi connectivity index (χ0) is 12.9. The van der Waals surface area contributed by atoms with Gasteiger partial charge in [-0.2, -0.15) is 13.2 Å². The smallest absolute Gasteiger partial charge is 0.422 e. The summed E-state index contributed by atoms with van der Waals surface area (Å²) in [5.41, 5.74) is 0.589. The van der Waals surface area contributed by atoms with Gasteiger partial charge in [0, 0.05) is 6.04 Å². The Morgan fingerprint density at radius 2 is 1.94 bits per heavy atom. The fourth-order valence-electron chi connectivity index (χ4n) is 1.24. The lowest BCUT2D eigenvalue weighted by atomic mass is 10.2. The van der Waals surface area contributed by atoms with Crippen molar-refractivity contribution in [3.8, 4) is 5.75 Å². The molecule has 1 unspecified atom stereocenters. The van der Waals surface area contributed by atoms with Crippen LogP contribution in [-0.4, -0.2) is 18.8 Å². The Labute approximate surface area is 98.8 Å². The van der Waals surface area contributed by atoms with Gasteiger partial charge in [-0.25, -0.2) is 0 Å². The van der Waals surface area contributed by atoms with E-state index >= 15 is 0 Å². The molecule has 1 N–H and O–H groups in total. The number of halogens is 3. The summed E-state index contributed by atoms with van der Waals surface area (Å²) in [5, 5.41) is 3.10. The van der Waals surface area contributed by atoms with Crippen molar-refractivity contribution in [1.29, 1.82) is 0 Å². The van der Waals surface area contributed by atoms with Crippen molar-refractivity contribution >= 4 is 5.69 Å². The summed E-state index contributed by atoms with van der Waals surface area (Å²) in [6.45, 7) is 2.68. The highest BCUT2D eigenvalue weighted by Gasteiger charge is 2.28. The van der Waals surface area contributed by atoms with Crippen LogP contribution >= 0.6 is 0 Å². The molecule has 0 radical (unpaired) electrons. The molecule has 2 nitrogen and oxygen atoms in total. The number of para-hydroxylation sites is 2. The fraction of sp³-hybridized carbons (Fsp3) is 0.500. The number of ether oxygens (including phenoxy) is 1.